The van der Waals surface area contributed by atoms with Crippen LogP contribution in [0.1, 0.15) is 19.4 Å². The molecule has 1 rings (SSSR count). The summed E-state index contributed by atoms with van der Waals surface area (Å²) in [7, 11) is 1.72. The zero-order chi connectivity index (χ0) is 12.5. The van der Waals surface area contributed by atoms with E-state index in [2.05, 4.69) is 31.3 Å². The van der Waals surface area contributed by atoms with Crippen molar-refractivity contribution in [2.24, 2.45) is 0 Å². The van der Waals surface area contributed by atoms with Crippen LogP contribution in [0, 0.1) is 0 Å². The highest BCUT2D eigenvalue weighted by Gasteiger charge is 2.01. The maximum absolute atomic E-state index is 5.69. The van der Waals surface area contributed by atoms with Crippen LogP contribution in [0.2, 0.25) is 0 Å². The van der Waals surface area contributed by atoms with E-state index in [1.807, 2.05) is 12.1 Å². The van der Waals surface area contributed by atoms with Crippen molar-refractivity contribution in [2.45, 2.75) is 26.3 Å². The molecule has 3 nitrogen and oxygen atoms in total. The molecule has 96 valence electrons. The van der Waals surface area contributed by atoms with Crippen molar-refractivity contribution in [2.75, 3.05) is 26.9 Å². The second kappa shape index (κ2) is 8.09. The van der Waals surface area contributed by atoms with E-state index in [9.17, 15) is 0 Å². The Morgan fingerprint density at radius 1 is 1.24 bits per heavy atom. The Bertz CT molecular complexity index is 298. The summed E-state index contributed by atoms with van der Waals surface area (Å²) in [6.45, 7) is 6.65. The number of hydrogen-bond acceptors (Lipinski definition) is 3. The van der Waals surface area contributed by atoms with E-state index in [0.717, 1.165) is 25.3 Å². The topological polar surface area (TPSA) is 30.5 Å². The number of rotatable bonds is 8. The van der Waals surface area contributed by atoms with Crippen LogP contribution in [0.3, 0.4) is 0 Å². The van der Waals surface area contributed by atoms with Gasteiger partial charge in [0.05, 0.1) is 6.61 Å². The Morgan fingerprint density at radius 2 is 1.94 bits per heavy atom. The number of hydrogen-bond donors (Lipinski definition) is 1. The maximum atomic E-state index is 5.69. The fourth-order valence-corrected chi connectivity index (χ4v) is 1.60. The zero-order valence-electron chi connectivity index (χ0n) is 11.0. The normalized spacial score (nSPS) is 12.4. The first-order valence-corrected chi connectivity index (χ1v) is 6.20. The summed E-state index contributed by atoms with van der Waals surface area (Å²) >= 11 is 0. The van der Waals surface area contributed by atoms with Gasteiger partial charge in [0.2, 0.25) is 0 Å². The molecule has 0 heterocycles. The molecule has 1 N–H and O–H groups in total. The Morgan fingerprint density at radius 3 is 2.53 bits per heavy atom. The minimum atomic E-state index is 0.383. The van der Waals surface area contributed by atoms with Gasteiger partial charge >= 0.3 is 0 Å². The molecule has 0 fully saturated rings. The molecule has 1 aromatic carbocycles. The highest BCUT2D eigenvalue weighted by atomic mass is 16.5. The van der Waals surface area contributed by atoms with Gasteiger partial charge in [-0.05, 0) is 37.6 Å². The van der Waals surface area contributed by atoms with Gasteiger partial charge in [0.1, 0.15) is 12.4 Å². The lowest BCUT2D eigenvalue weighted by atomic mass is 10.1. The van der Waals surface area contributed by atoms with Crippen LogP contribution in [-0.2, 0) is 11.2 Å². The third kappa shape index (κ3) is 5.71. The van der Waals surface area contributed by atoms with Gasteiger partial charge in [-0.2, -0.15) is 0 Å². The minimum absolute atomic E-state index is 0.383. The standard InChI is InChI=1S/C14H23NO2/c1-4-15-12(2)11-17-14-7-5-13(6-8-14)9-10-16-3/h5-8,12,15H,4,9-11H2,1-3H3. The van der Waals surface area contributed by atoms with Crippen LogP contribution in [0.5, 0.6) is 5.75 Å². The summed E-state index contributed by atoms with van der Waals surface area (Å²) in [5.41, 5.74) is 1.28. The number of ether oxygens (including phenoxy) is 2. The van der Waals surface area contributed by atoms with Crippen LogP contribution in [0.4, 0.5) is 0 Å². The molecular weight excluding hydrogens is 214 g/mol. The molecular formula is C14H23NO2. The molecule has 0 saturated carbocycles. The molecule has 17 heavy (non-hydrogen) atoms. The molecule has 0 bridgehead atoms. The Balaban J connectivity index is 2.34. The van der Waals surface area contributed by atoms with Crippen LogP contribution >= 0.6 is 0 Å². The number of benzene rings is 1. The Kier molecular flexibility index (Phi) is 6.67. The lowest BCUT2D eigenvalue weighted by molar-refractivity contribution is 0.202. The molecule has 0 radical (unpaired) electrons. The summed E-state index contributed by atoms with van der Waals surface area (Å²) < 4.78 is 10.7. The Labute approximate surface area is 104 Å². The van der Waals surface area contributed by atoms with Gasteiger partial charge in [0.15, 0.2) is 0 Å². The second-order valence-electron chi connectivity index (χ2n) is 4.16. The van der Waals surface area contributed by atoms with Crippen molar-refractivity contribution in [3.05, 3.63) is 29.8 Å². The van der Waals surface area contributed by atoms with Crippen LogP contribution in [-0.4, -0.2) is 32.9 Å². The molecule has 0 aromatic heterocycles. The number of likely N-dealkylation sites (N-methyl/N-ethyl adjacent to an activating group) is 1. The maximum Gasteiger partial charge on any atom is 0.119 e. The lowest BCUT2D eigenvalue weighted by Crippen LogP contribution is -2.31. The monoisotopic (exact) mass is 237 g/mol. The number of methoxy groups -OCH3 is 1. The fraction of sp³-hybridized carbons (Fsp3) is 0.571. The van der Waals surface area contributed by atoms with E-state index in [1.54, 1.807) is 7.11 Å². The SMILES string of the molecule is CCNC(C)COc1ccc(CCOC)cc1. The third-order valence-corrected chi connectivity index (χ3v) is 2.57. The highest BCUT2D eigenvalue weighted by molar-refractivity contribution is 5.27. The summed E-state index contributed by atoms with van der Waals surface area (Å²) in [5, 5.41) is 3.31. The van der Waals surface area contributed by atoms with Gasteiger partial charge in [-0.1, -0.05) is 19.1 Å². The zero-order valence-corrected chi connectivity index (χ0v) is 11.0. The fourth-order valence-electron chi connectivity index (χ4n) is 1.60. The van der Waals surface area contributed by atoms with Gasteiger partial charge in [0, 0.05) is 13.2 Å². The van der Waals surface area contributed by atoms with E-state index in [1.165, 1.54) is 5.56 Å². The first-order chi connectivity index (χ1) is 8.26. The van der Waals surface area contributed by atoms with Crippen LogP contribution in [0.15, 0.2) is 24.3 Å². The molecule has 0 spiro atoms. The summed E-state index contributed by atoms with van der Waals surface area (Å²) in [6.07, 6.45) is 0.949. The van der Waals surface area contributed by atoms with Crippen LogP contribution < -0.4 is 10.1 Å². The van der Waals surface area contributed by atoms with E-state index >= 15 is 0 Å². The molecule has 1 aromatic rings. The lowest BCUT2D eigenvalue weighted by Gasteiger charge is -2.13. The quantitative estimate of drug-likeness (QED) is 0.752. The van der Waals surface area contributed by atoms with Crippen molar-refractivity contribution in [1.82, 2.24) is 5.32 Å². The Hall–Kier alpha value is -1.06. The van der Waals surface area contributed by atoms with Crippen molar-refractivity contribution in [3.8, 4) is 5.75 Å². The van der Waals surface area contributed by atoms with E-state index in [4.69, 9.17) is 9.47 Å². The van der Waals surface area contributed by atoms with Crippen molar-refractivity contribution >= 4 is 0 Å². The van der Waals surface area contributed by atoms with Gasteiger partial charge in [-0.25, -0.2) is 0 Å². The first-order valence-electron chi connectivity index (χ1n) is 6.20. The highest BCUT2D eigenvalue weighted by Crippen LogP contribution is 2.12. The van der Waals surface area contributed by atoms with E-state index < -0.39 is 0 Å². The van der Waals surface area contributed by atoms with Gasteiger partial charge in [-0.15, -0.1) is 0 Å². The van der Waals surface area contributed by atoms with Crippen molar-refractivity contribution in [1.29, 1.82) is 0 Å². The van der Waals surface area contributed by atoms with Crippen molar-refractivity contribution in [3.63, 3.8) is 0 Å². The summed E-state index contributed by atoms with van der Waals surface area (Å²) in [6, 6.07) is 8.60. The predicted molar refractivity (Wildman–Crippen MR) is 70.7 cm³/mol. The molecule has 0 saturated heterocycles. The number of nitrogens with one attached hydrogen (secondary N) is 1. The first kappa shape index (κ1) is 14.0. The molecule has 0 aliphatic carbocycles. The molecule has 0 aliphatic heterocycles. The largest absolute Gasteiger partial charge is 0.492 e. The molecule has 1 atom stereocenters. The third-order valence-electron chi connectivity index (χ3n) is 2.57. The van der Waals surface area contributed by atoms with Gasteiger partial charge in [0.25, 0.3) is 0 Å². The van der Waals surface area contributed by atoms with Gasteiger partial charge in [-0.3, -0.25) is 0 Å². The van der Waals surface area contributed by atoms with E-state index in [-0.39, 0.29) is 0 Å². The molecule has 3 heteroatoms. The molecule has 1 unspecified atom stereocenters. The average molecular weight is 237 g/mol. The molecule has 0 amide bonds. The van der Waals surface area contributed by atoms with Gasteiger partial charge < -0.3 is 14.8 Å². The average Bonchev–Trinajstić information content (AvgIpc) is 2.35. The second-order valence-corrected chi connectivity index (χ2v) is 4.16. The van der Waals surface area contributed by atoms with Crippen molar-refractivity contribution < 1.29 is 9.47 Å². The van der Waals surface area contributed by atoms with Crippen LogP contribution in [0.25, 0.3) is 0 Å². The molecule has 0 aliphatic rings. The minimum Gasteiger partial charge on any atom is -0.492 e. The summed E-state index contributed by atoms with van der Waals surface area (Å²) in [5.74, 6) is 0.927. The van der Waals surface area contributed by atoms with E-state index in [0.29, 0.717) is 12.6 Å². The summed E-state index contributed by atoms with van der Waals surface area (Å²) in [4.78, 5) is 0. The smallest absolute Gasteiger partial charge is 0.119 e. The predicted octanol–water partition coefficient (Wildman–Crippen LogP) is 2.25.